The molecule has 3 heteroatoms. The SMILES string of the molecule is CC(C)C1(C)OB(C2=CCCCC2)OC1(C)C. The quantitative estimate of drug-likeness (QED) is 0.679. The molecule has 0 aromatic carbocycles. The summed E-state index contributed by atoms with van der Waals surface area (Å²) < 4.78 is 12.4. The molecule has 0 saturated carbocycles. The minimum absolute atomic E-state index is 0.113. The third-order valence-electron chi connectivity index (χ3n) is 4.68. The van der Waals surface area contributed by atoms with Crippen LogP contribution in [0.25, 0.3) is 0 Å². The van der Waals surface area contributed by atoms with Gasteiger partial charge in [-0.05, 0) is 57.8 Å². The fraction of sp³-hybridized carbons (Fsp3) is 0.857. The van der Waals surface area contributed by atoms with E-state index in [2.05, 4.69) is 40.7 Å². The molecule has 17 heavy (non-hydrogen) atoms. The molecule has 1 fully saturated rings. The van der Waals surface area contributed by atoms with E-state index in [1.54, 1.807) is 0 Å². The summed E-state index contributed by atoms with van der Waals surface area (Å²) in [6.07, 6.45) is 7.21. The van der Waals surface area contributed by atoms with Crippen molar-refractivity contribution in [3.8, 4) is 0 Å². The van der Waals surface area contributed by atoms with E-state index in [1.807, 2.05) is 0 Å². The summed E-state index contributed by atoms with van der Waals surface area (Å²) >= 11 is 0. The van der Waals surface area contributed by atoms with Crippen LogP contribution in [-0.2, 0) is 9.31 Å². The van der Waals surface area contributed by atoms with Crippen LogP contribution < -0.4 is 0 Å². The van der Waals surface area contributed by atoms with Crippen molar-refractivity contribution < 1.29 is 9.31 Å². The molecule has 0 aromatic heterocycles. The fourth-order valence-electron chi connectivity index (χ4n) is 2.83. The lowest BCUT2D eigenvalue weighted by molar-refractivity contribution is -0.0435. The van der Waals surface area contributed by atoms with Gasteiger partial charge < -0.3 is 9.31 Å². The van der Waals surface area contributed by atoms with Crippen LogP contribution in [0.15, 0.2) is 11.5 Å². The Kier molecular flexibility index (Phi) is 3.43. The highest BCUT2D eigenvalue weighted by Crippen LogP contribution is 2.44. The standard InChI is InChI=1S/C14H25BO2/c1-11(2)14(5)13(3,4)16-15(17-14)12-9-7-6-8-10-12/h9,11H,6-8,10H2,1-5H3. The predicted octanol–water partition coefficient (Wildman–Crippen LogP) is 3.75. The van der Waals surface area contributed by atoms with Gasteiger partial charge in [-0.1, -0.05) is 19.9 Å². The van der Waals surface area contributed by atoms with Gasteiger partial charge in [0.1, 0.15) is 0 Å². The van der Waals surface area contributed by atoms with Crippen LogP contribution in [0.4, 0.5) is 0 Å². The van der Waals surface area contributed by atoms with Gasteiger partial charge in [0.05, 0.1) is 11.2 Å². The molecule has 2 rings (SSSR count). The predicted molar refractivity (Wildman–Crippen MR) is 71.8 cm³/mol. The van der Waals surface area contributed by atoms with Gasteiger partial charge in [0, 0.05) is 0 Å². The highest BCUT2D eigenvalue weighted by atomic mass is 16.7. The zero-order chi connectivity index (χ0) is 12.7. The first-order valence-electron chi connectivity index (χ1n) is 6.91. The average molecular weight is 236 g/mol. The summed E-state index contributed by atoms with van der Waals surface area (Å²) in [6.45, 7) is 10.9. The molecule has 0 amide bonds. The van der Waals surface area contributed by atoms with Crippen molar-refractivity contribution >= 4 is 7.12 Å². The minimum Gasteiger partial charge on any atom is -0.400 e. The topological polar surface area (TPSA) is 18.5 Å². The van der Waals surface area contributed by atoms with Gasteiger partial charge in [-0.25, -0.2) is 0 Å². The van der Waals surface area contributed by atoms with Crippen LogP contribution in [-0.4, -0.2) is 18.3 Å². The second-order valence-corrected chi connectivity index (χ2v) is 6.36. The first-order chi connectivity index (χ1) is 7.87. The molecule has 1 atom stereocenters. The lowest BCUT2D eigenvalue weighted by Crippen LogP contribution is -2.48. The number of hydrogen-bond acceptors (Lipinski definition) is 2. The number of rotatable bonds is 2. The minimum atomic E-state index is -0.218. The van der Waals surface area contributed by atoms with Crippen molar-refractivity contribution in [3.63, 3.8) is 0 Å². The summed E-state index contributed by atoms with van der Waals surface area (Å²) in [5, 5.41) is 0. The third kappa shape index (κ3) is 2.20. The number of hydrogen-bond donors (Lipinski definition) is 0. The molecule has 0 aromatic rings. The maximum atomic E-state index is 6.27. The van der Waals surface area contributed by atoms with Crippen molar-refractivity contribution in [1.82, 2.24) is 0 Å². The van der Waals surface area contributed by atoms with Crippen LogP contribution in [0, 0.1) is 5.92 Å². The monoisotopic (exact) mass is 236 g/mol. The largest absolute Gasteiger partial charge is 0.490 e. The highest BCUT2D eigenvalue weighted by molar-refractivity contribution is 6.54. The second-order valence-electron chi connectivity index (χ2n) is 6.36. The van der Waals surface area contributed by atoms with Gasteiger partial charge >= 0.3 is 7.12 Å². The first-order valence-corrected chi connectivity index (χ1v) is 6.91. The van der Waals surface area contributed by atoms with E-state index in [4.69, 9.17) is 9.31 Å². The molecule has 2 nitrogen and oxygen atoms in total. The van der Waals surface area contributed by atoms with E-state index in [0.29, 0.717) is 5.92 Å². The van der Waals surface area contributed by atoms with Crippen molar-refractivity contribution in [2.75, 3.05) is 0 Å². The molecule has 1 aliphatic carbocycles. The van der Waals surface area contributed by atoms with Gasteiger partial charge in [0.15, 0.2) is 0 Å². The Labute approximate surface area is 106 Å². The summed E-state index contributed by atoms with van der Waals surface area (Å²) in [4.78, 5) is 0. The summed E-state index contributed by atoms with van der Waals surface area (Å²) in [7, 11) is -0.113. The molecule has 0 radical (unpaired) electrons. The van der Waals surface area contributed by atoms with E-state index in [9.17, 15) is 0 Å². The van der Waals surface area contributed by atoms with Crippen LogP contribution in [0.1, 0.15) is 60.3 Å². The second kappa shape index (κ2) is 4.44. The van der Waals surface area contributed by atoms with E-state index in [0.717, 1.165) is 6.42 Å². The summed E-state index contributed by atoms with van der Waals surface area (Å²) in [5.41, 5.74) is 0.939. The van der Waals surface area contributed by atoms with Gasteiger partial charge in [-0.15, -0.1) is 0 Å². The van der Waals surface area contributed by atoms with Crippen molar-refractivity contribution in [2.45, 2.75) is 71.5 Å². The van der Waals surface area contributed by atoms with E-state index in [-0.39, 0.29) is 18.3 Å². The zero-order valence-corrected chi connectivity index (χ0v) is 11.9. The Hall–Kier alpha value is -0.275. The fourth-order valence-corrected chi connectivity index (χ4v) is 2.83. The third-order valence-corrected chi connectivity index (χ3v) is 4.68. The lowest BCUT2D eigenvalue weighted by Gasteiger charge is -2.39. The molecule has 0 N–H and O–H groups in total. The molecule has 1 heterocycles. The molecular weight excluding hydrogens is 211 g/mol. The normalized spacial score (nSPS) is 33.1. The van der Waals surface area contributed by atoms with Crippen molar-refractivity contribution in [1.29, 1.82) is 0 Å². The van der Waals surface area contributed by atoms with E-state index in [1.165, 1.54) is 24.7 Å². The summed E-state index contributed by atoms with van der Waals surface area (Å²) in [5.74, 6) is 0.451. The Bertz CT molecular complexity index is 322. The molecule has 1 unspecified atom stereocenters. The average Bonchev–Trinajstić information content (AvgIpc) is 2.52. The zero-order valence-electron chi connectivity index (χ0n) is 11.9. The van der Waals surface area contributed by atoms with Crippen LogP contribution in [0.2, 0.25) is 0 Å². The molecule has 0 spiro atoms. The Morgan fingerprint density at radius 1 is 1.18 bits per heavy atom. The van der Waals surface area contributed by atoms with Crippen LogP contribution in [0.5, 0.6) is 0 Å². The highest BCUT2D eigenvalue weighted by Gasteiger charge is 2.56. The van der Waals surface area contributed by atoms with Crippen LogP contribution >= 0.6 is 0 Å². The Morgan fingerprint density at radius 2 is 1.88 bits per heavy atom. The molecule has 1 saturated heterocycles. The van der Waals surface area contributed by atoms with E-state index < -0.39 is 0 Å². The van der Waals surface area contributed by atoms with Gasteiger partial charge in [-0.2, -0.15) is 0 Å². The molecule has 1 aliphatic heterocycles. The lowest BCUT2D eigenvalue weighted by atomic mass is 9.72. The van der Waals surface area contributed by atoms with Crippen molar-refractivity contribution in [3.05, 3.63) is 11.5 Å². The van der Waals surface area contributed by atoms with Gasteiger partial charge in [-0.3, -0.25) is 0 Å². The van der Waals surface area contributed by atoms with Gasteiger partial charge in [0.25, 0.3) is 0 Å². The maximum absolute atomic E-state index is 6.27. The van der Waals surface area contributed by atoms with Gasteiger partial charge in [0.2, 0.25) is 0 Å². The molecule has 2 aliphatic rings. The Balaban J connectivity index is 2.18. The van der Waals surface area contributed by atoms with Crippen LogP contribution in [0.3, 0.4) is 0 Å². The van der Waals surface area contributed by atoms with Crippen molar-refractivity contribution in [2.24, 2.45) is 5.92 Å². The molecular formula is C14H25BO2. The maximum Gasteiger partial charge on any atom is 0.490 e. The smallest absolute Gasteiger partial charge is 0.400 e. The Morgan fingerprint density at radius 3 is 2.35 bits per heavy atom. The first kappa shape index (κ1) is 13.2. The molecule has 96 valence electrons. The van der Waals surface area contributed by atoms with E-state index >= 15 is 0 Å². The molecule has 0 bridgehead atoms. The summed E-state index contributed by atoms with van der Waals surface area (Å²) in [6, 6.07) is 0. The number of allylic oxidation sites excluding steroid dienone is 2.